The first-order valence-corrected chi connectivity index (χ1v) is 6.17. The summed E-state index contributed by atoms with van der Waals surface area (Å²) in [5.41, 5.74) is 0. The van der Waals surface area contributed by atoms with Crippen molar-refractivity contribution in [2.75, 3.05) is 25.0 Å². The van der Waals surface area contributed by atoms with Crippen molar-refractivity contribution in [2.45, 2.75) is 25.3 Å². The largest absolute Gasteiger partial charge is 0.354 e. The Morgan fingerprint density at radius 1 is 1.25 bits per heavy atom. The molecule has 3 rings (SSSR count). The smallest absolute Gasteiger partial charge is 0.222 e. The molecule has 0 bridgehead atoms. The summed E-state index contributed by atoms with van der Waals surface area (Å²) in [6.07, 6.45) is 7.71. The first kappa shape index (κ1) is 10.0. The fourth-order valence-electron chi connectivity index (χ4n) is 2.43. The van der Waals surface area contributed by atoms with Crippen LogP contribution in [-0.4, -0.2) is 40.5 Å². The van der Waals surface area contributed by atoms with Gasteiger partial charge in [0.05, 0.1) is 0 Å². The molecule has 1 aromatic rings. The standard InChI is InChI=1S/C12H18N4/c1-5-13-12(14-6-1)15-8-10-4-7-16(9-10)11-2-3-11/h1,5-6,10-11H,2-4,7-9H2,(H,13,14,15). The quantitative estimate of drug-likeness (QED) is 0.828. The van der Waals surface area contributed by atoms with Gasteiger partial charge in [0.2, 0.25) is 5.95 Å². The zero-order valence-corrected chi connectivity index (χ0v) is 9.47. The summed E-state index contributed by atoms with van der Waals surface area (Å²) in [6, 6.07) is 2.76. The maximum atomic E-state index is 4.17. The van der Waals surface area contributed by atoms with E-state index in [1.165, 1.54) is 32.4 Å². The average molecular weight is 218 g/mol. The highest BCUT2D eigenvalue weighted by molar-refractivity contribution is 5.22. The number of nitrogens with zero attached hydrogens (tertiary/aromatic N) is 3. The summed E-state index contributed by atoms with van der Waals surface area (Å²) in [5, 5.41) is 3.32. The second kappa shape index (κ2) is 4.37. The molecule has 1 saturated heterocycles. The highest BCUT2D eigenvalue weighted by Crippen LogP contribution is 2.31. The second-order valence-corrected chi connectivity index (χ2v) is 4.83. The summed E-state index contributed by atoms with van der Waals surface area (Å²) >= 11 is 0. The van der Waals surface area contributed by atoms with Crippen LogP contribution in [0.25, 0.3) is 0 Å². The zero-order valence-electron chi connectivity index (χ0n) is 9.47. The van der Waals surface area contributed by atoms with E-state index in [0.717, 1.165) is 24.5 Å². The maximum absolute atomic E-state index is 4.17. The first-order chi connectivity index (χ1) is 7.92. The number of likely N-dealkylation sites (tertiary alicyclic amines) is 1. The molecule has 4 heteroatoms. The number of hydrogen-bond donors (Lipinski definition) is 1. The minimum atomic E-state index is 0.757. The maximum Gasteiger partial charge on any atom is 0.222 e. The molecular formula is C12H18N4. The van der Waals surface area contributed by atoms with Gasteiger partial charge in [-0.2, -0.15) is 0 Å². The third-order valence-electron chi connectivity index (χ3n) is 3.50. The fourth-order valence-corrected chi connectivity index (χ4v) is 2.43. The van der Waals surface area contributed by atoms with Gasteiger partial charge in [-0.05, 0) is 37.8 Å². The molecule has 0 spiro atoms. The van der Waals surface area contributed by atoms with Crippen LogP contribution in [0.1, 0.15) is 19.3 Å². The van der Waals surface area contributed by atoms with Crippen LogP contribution >= 0.6 is 0 Å². The third kappa shape index (κ3) is 2.32. The van der Waals surface area contributed by atoms with Gasteiger partial charge in [0.1, 0.15) is 0 Å². The fraction of sp³-hybridized carbons (Fsp3) is 0.667. The Labute approximate surface area is 96.1 Å². The van der Waals surface area contributed by atoms with Crippen molar-refractivity contribution in [2.24, 2.45) is 5.92 Å². The van der Waals surface area contributed by atoms with Crippen LogP contribution in [0.2, 0.25) is 0 Å². The Morgan fingerprint density at radius 3 is 2.81 bits per heavy atom. The van der Waals surface area contributed by atoms with Gasteiger partial charge in [-0.3, -0.25) is 0 Å². The van der Waals surface area contributed by atoms with Gasteiger partial charge in [-0.1, -0.05) is 0 Å². The number of hydrogen-bond acceptors (Lipinski definition) is 4. The van der Waals surface area contributed by atoms with Crippen LogP contribution in [0, 0.1) is 5.92 Å². The molecular weight excluding hydrogens is 200 g/mol. The van der Waals surface area contributed by atoms with E-state index in [-0.39, 0.29) is 0 Å². The van der Waals surface area contributed by atoms with E-state index < -0.39 is 0 Å². The van der Waals surface area contributed by atoms with E-state index >= 15 is 0 Å². The summed E-state index contributed by atoms with van der Waals surface area (Å²) in [5.74, 6) is 1.52. The molecule has 1 aliphatic carbocycles. The molecule has 1 aliphatic heterocycles. The molecule has 2 fully saturated rings. The molecule has 2 aliphatic rings. The number of anilines is 1. The molecule has 1 aromatic heterocycles. The van der Waals surface area contributed by atoms with Gasteiger partial charge in [0.15, 0.2) is 0 Å². The minimum absolute atomic E-state index is 0.757. The van der Waals surface area contributed by atoms with Gasteiger partial charge in [-0.15, -0.1) is 0 Å². The molecule has 1 unspecified atom stereocenters. The number of nitrogens with one attached hydrogen (secondary N) is 1. The van der Waals surface area contributed by atoms with E-state index in [4.69, 9.17) is 0 Å². The van der Waals surface area contributed by atoms with E-state index in [0.29, 0.717) is 0 Å². The lowest BCUT2D eigenvalue weighted by Crippen LogP contribution is -2.25. The summed E-state index contributed by atoms with van der Waals surface area (Å²) in [6.45, 7) is 3.55. The zero-order chi connectivity index (χ0) is 10.8. The van der Waals surface area contributed by atoms with E-state index in [9.17, 15) is 0 Å². The lowest BCUT2D eigenvalue weighted by molar-refractivity contribution is 0.316. The van der Waals surface area contributed by atoms with Crippen molar-refractivity contribution in [3.8, 4) is 0 Å². The molecule has 4 nitrogen and oxygen atoms in total. The Balaban J connectivity index is 1.46. The summed E-state index contributed by atoms with van der Waals surface area (Å²) in [4.78, 5) is 11.0. The van der Waals surface area contributed by atoms with E-state index in [1.807, 2.05) is 6.07 Å². The van der Waals surface area contributed by atoms with Crippen LogP contribution in [-0.2, 0) is 0 Å². The average Bonchev–Trinajstić information content (AvgIpc) is 3.08. The molecule has 16 heavy (non-hydrogen) atoms. The summed E-state index contributed by atoms with van der Waals surface area (Å²) < 4.78 is 0. The highest BCUT2D eigenvalue weighted by atomic mass is 15.2. The third-order valence-corrected chi connectivity index (χ3v) is 3.50. The molecule has 86 valence electrons. The number of rotatable bonds is 4. The van der Waals surface area contributed by atoms with Crippen LogP contribution in [0.15, 0.2) is 18.5 Å². The van der Waals surface area contributed by atoms with Gasteiger partial charge in [-0.25, -0.2) is 9.97 Å². The van der Waals surface area contributed by atoms with Gasteiger partial charge >= 0.3 is 0 Å². The van der Waals surface area contributed by atoms with Crippen molar-refractivity contribution in [1.82, 2.24) is 14.9 Å². The van der Waals surface area contributed by atoms with Crippen LogP contribution in [0.3, 0.4) is 0 Å². The molecule has 1 saturated carbocycles. The monoisotopic (exact) mass is 218 g/mol. The van der Waals surface area contributed by atoms with E-state index in [1.54, 1.807) is 12.4 Å². The molecule has 0 radical (unpaired) electrons. The SMILES string of the molecule is c1cnc(NCC2CCN(C3CC3)C2)nc1. The normalized spacial score (nSPS) is 25.9. The molecule has 0 amide bonds. The summed E-state index contributed by atoms with van der Waals surface area (Å²) in [7, 11) is 0. The predicted molar refractivity (Wildman–Crippen MR) is 63.2 cm³/mol. The van der Waals surface area contributed by atoms with Crippen molar-refractivity contribution in [3.63, 3.8) is 0 Å². The minimum Gasteiger partial charge on any atom is -0.354 e. The molecule has 0 aromatic carbocycles. The van der Waals surface area contributed by atoms with E-state index in [2.05, 4.69) is 20.2 Å². The second-order valence-electron chi connectivity index (χ2n) is 4.83. The highest BCUT2D eigenvalue weighted by Gasteiger charge is 2.34. The van der Waals surface area contributed by atoms with Crippen molar-refractivity contribution < 1.29 is 0 Å². The topological polar surface area (TPSA) is 41.1 Å². The Hall–Kier alpha value is -1.16. The van der Waals surface area contributed by atoms with Crippen molar-refractivity contribution >= 4 is 5.95 Å². The van der Waals surface area contributed by atoms with Gasteiger partial charge in [0, 0.05) is 31.5 Å². The van der Waals surface area contributed by atoms with Gasteiger partial charge in [0.25, 0.3) is 0 Å². The van der Waals surface area contributed by atoms with Crippen LogP contribution < -0.4 is 5.32 Å². The number of aromatic nitrogens is 2. The van der Waals surface area contributed by atoms with Crippen LogP contribution in [0.5, 0.6) is 0 Å². The lowest BCUT2D eigenvalue weighted by Gasteiger charge is -2.14. The Kier molecular flexibility index (Phi) is 2.74. The van der Waals surface area contributed by atoms with Crippen molar-refractivity contribution in [1.29, 1.82) is 0 Å². The first-order valence-electron chi connectivity index (χ1n) is 6.17. The van der Waals surface area contributed by atoms with Crippen LogP contribution in [0.4, 0.5) is 5.95 Å². The van der Waals surface area contributed by atoms with Gasteiger partial charge < -0.3 is 10.2 Å². The molecule has 1 N–H and O–H groups in total. The molecule has 2 heterocycles. The molecule has 1 atom stereocenters. The van der Waals surface area contributed by atoms with Crippen molar-refractivity contribution in [3.05, 3.63) is 18.5 Å². The Bertz CT molecular complexity index is 336. The lowest BCUT2D eigenvalue weighted by atomic mass is 10.1. The Morgan fingerprint density at radius 2 is 2.06 bits per heavy atom. The predicted octanol–water partition coefficient (Wildman–Crippen LogP) is 1.37.